The maximum absolute atomic E-state index is 12.8. The van der Waals surface area contributed by atoms with E-state index in [1.165, 1.54) is 19.3 Å². The Labute approximate surface area is 349 Å². The van der Waals surface area contributed by atoms with Gasteiger partial charge < -0.3 is 19.8 Å². The quantitative estimate of drug-likeness (QED) is 0.0250. The Kier molecular flexibility index (Phi) is 36.7. The van der Waals surface area contributed by atoms with E-state index in [0.717, 1.165) is 83.5 Å². The van der Waals surface area contributed by atoms with E-state index >= 15 is 0 Å². The third-order valence-electron chi connectivity index (χ3n) is 8.79. The molecule has 0 heterocycles. The van der Waals surface area contributed by atoms with Crippen LogP contribution in [0.4, 0.5) is 0 Å². The monoisotopic (exact) mass is 814 g/mol. The molecule has 3 unspecified atom stereocenters. The normalized spacial score (nSPS) is 15.4. The molecule has 0 aromatic rings. The number of amides is 1. The van der Waals surface area contributed by atoms with E-state index < -0.39 is 20.0 Å². The van der Waals surface area contributed by atoms with Crippen LogP contribution in [0.2, 0.25) is 0 Å². The molecule has 0 bridgehead atoms. The summed E-state index contributed by atoms with van der Waals surface area (Å²) in [5.74, 6) is -0.214. The second-order valence-corrected chi connectivity index (χ2v) is 16.8. The Hall–Kier alpha value is -2.84. The molecule has 8 nitrogen and oxygen atoms in total. The fourth-order valence-electron chi connectivity index (χ4n) is 5.34. The average molecular weight is 814 g/mol. The topological polar surface area (TPSA) is 105 Å². The summed E-state index contributed by atoms with van der Waals surface area (Å²) in [6.07, 6.45) is 55.9. The molecule has 0 spiro atoms. The van der Waals surface area contributed by atoms with Crippen LogP contribution in [0.15, 0.2) is 109 Å². The summed E-state index contributed by atoms with van der Waals surface area (Å²) in [4.78, 5) is 22.9. The molecule has 3 N–H and O–H groups in total. The smallest absolute Gasteiger partial charge is 0.391 e. The van der Waals surface area contributed by atoms with Gasteiger partial charge in [0.25, 0.3) is 0 Å². The summed E-state index contributed by atoms with van der Waals surface area (Å²) < 4.78 is 23.4. The van der Waals surface area contributed by atoms with Crippen LogP contribution in [0.3, 0.4) is 0 Å². The first kappa shape index (κ1) is 54.2. The maximum Gasteiger partial charge on any atom is 0.472 e. The van der Waals surface area contributed by atoms with Crippen LogP contribution in [0.25, 0.3) is 0 Å². The largest absolute Gasteiger partial charge is 0.472 e. The van der Waals surface area contributed by atoms with Crippen molar-refractivity contribution in [1.29, 1.82) is 0 Å². The van der Waals surface area contributed by atoms with Gasteiger partial charge in [-0.3, -0.25) is 13.8 Å². The Morgan fingerprint density at radius 2 is 1.04 bits per heavy atom. The maximum atomic E-state index is 12.8. The van der Waals surface area contributed by atoms with Gasteiger partial charge in [0.05, 0.1) is 39.9 Å². The minimum absolute atomic E-state index is 0.0563. The van der Waals surface area contributed by atoms with E-state index in [1.807, 2.05) is 21.1 Å². The molecule has 9 heteroatoms. The van der Waals surface area contributed by atoms with Crippen LogP contribution in [-0.4, -0.2) is 73.4 Å². The van der Waals surface area contributed by atoms with E-state index in [4.69, 9.17) is 9.05 Å². The van der Waals surface area contributed by atoms with Crippen LogP contribution in [0.5, 0.6) is 0 Å². The zero-order valence-corrected chi connectivity index (χ0v) is 37.4. The van der Waals surface area contributed by atoms with Crippen molar-refractivity contribution in [2.45, 2.75) is 148 Å². The Morgan fingerprint density at radius 1 is 0.614 bits per heavy atom. The molecule has 0 aliphatic rings. The molecule has 0 radical (unpaired) electrons. The van der Waals surface area contributed by atoms with Gasteiger partial charge in [0.15, 0.2) is 0 Å². The number of likely N-dealkylation sites (N-methyl/N-ethyl adjacent to an activating group) is 1. The van der Waals surface area contributed by atoms with Gasteiger partial charge in [0.2, 0.25) is 5.91 Å². The summed E-state index contributed by atoms with van der Waals surface area (Å²) in [6.45, 7) is 4.62. The molecule has 1 amide bonds. The van der Waals surface area contributed by atoms with Gasteiger partial charge in [-0.1, -0.05) is 162 Å². The molecule has 0 aliphatic heterocycles. The molecule has 0 rings (SSSR count). The van der Waals surface area contributed by atoms with Crippen molar-refractivity contribution in [2.75, 3.05) is 40.9 Å². The Bertz CT molecular complexity index is 1290. The molecule has 0 saturated heterocycles. The van der Waals surface area contributed by atoms with Crippen molar-refractivity contribution in [3.8, 4) is 0 Å². The first-order chi connectivity index (χ1) is 27.5. The lowest BCUT2D eigenvalue weighted by Crippen LogP contribution is -2.46. The number of hydrogen-bond acceptors (Lipinski definition) is 5. The minimum Gasteiger partial charge on any atom is -0.391 e. The molecule has 0 aliphatic carbocycles. The van der Waals surface area contributed by atoms with Crippen molar-refractivity contribution in [3.05, 3.63) is 109 Å². The van der Waals surface area contributed by atoms with Gasteiger partial charge in [-0.25, -0.2) is 4.57 Å². The number of unbranched alkanes of at least 4 members (excludes halogenated alkanes) is 6. The van der Waals surface area contributed by atoms with Crippen LogP contribution in [0.1, 0.15) is 136 Å². The molecule has 0 fully saturated rings. The zero-order valence-electron chi connectivity index (χ0n) is 36.5. The number of rotatable bonds is 37. The van der Waals surface area contributed by atoms with E-state index in [9.17, 15) is 19.4 Å². The predicted octanol–water partition coefficient (Wildman–Crippen LogP) is 12.1. The predicted molar refractivity (Wildman–Crippen MR) is 244 cm³/mol. The van der Waals surface area contributed by atoms with Gasteiger partial charge in [-0.05, 0) is 77.0 Å². The highest BCUT2D eigenvalue weighted by molar-refractivity contribution is 7.47. The number of quaternary nitrogens is 1. The van der Waals surface area contributed by atoms with Gasteiger partial charge in [0.1, 0.15) is 13.2 Å². The summed E-state index contributed by atoms with van der Waals surface area (Å²) in [5, 5.41) is 13.7. The number of allylic oxidation sites excluding steroid dienone is 18. The third-order valence-corrected chi connectivity index (χ3v) is 9.77. The zero-order chi connectivity index (χ0) is 42.1. The van der Waals surface area contributed by atoms with Crippen LogP contribution in [-0.2, 0) is 18.4 Å². The summed E-state index contributed by atoms with van der Waals surface area (Å²) in [5.41, 5.74) is 0. The van der Waals surface area contributed by atoms with E-state index in [-0.39, 0.29) is 19.1 Å². The average Bonchev–Trinajstić information content (AvgIpc) is 3.16. The number of aliphatic hydroxyl groups excluding tert-OH is 1. The number of nitrogens with one attached hydrogen (secondary N) is 1. The molecular formula is C48H82N2O6P+. The van der Waals surface area contributed by atoms with E-state index in [0.29, 0.717) is 30.3 Å². The number of carbonyl (C=O) groups excluding carboxylic acids is 1. The lowest BCUT2D eigenvalue weighted by atomic mass is 10.0. The second kappa shape index (κ2) is 38.7. The van der Waals surface area contributed by atoms with Crippen molar-refractivity contribution < 1.29 is 32.9 Å². The lowest BCUT2D eigenvalue weighted by Gasteiger charge is -2.26. The number of phosphoric ester groups is 1. The summed E-state index contributed by atoms with van der Waals surface area (Å²) in [6, 6.07) is -0.795. The standard InChI is InChI=1S/C48H81N2O6P/c1-6-8-10-12-14-15-16-17-18-19-20-21-22-23-24-25-26-27-28-29-30-31-32-33-34-35-36-38-40-42-48(52)49-46(47(51)41-39-37-13-11-9-7-2)45-56-57(53,54)55-44-43-50(3,4)5/h8,10,14-15,17-18,20-21,23-24,26-27,29-30,32-33,35-36,46-47,51H,6-7,9,11-13,16,19,22,25,28,31,34,37-45H2,1-5H3,(H-,49,52,53,54)/p+1/b10-8-,15-14-,18-17-,21-20-,24-23-,27-26-,30-29-,33-32-,36-35-. The number of phosphoric acid groups is 1. The Morgan fingerprint density at radius 3 is 1.47 bits per heavy atom. The first-order valence-corrected chi connectivity index (χ1v) is 23.2. The van der Waals surface area contributed by atoms with E-state index in [1.54, 1.807) is 0 Å². The molecule has 57 heavy (non-hydrogen) atoms. The number of hydrogen-bond donors (Lipinski definition) is 3. The van der Waals surface area contributed by atoms with E-state index in [2.05, 4.69) is 129 Å². The van der Waals surface area contributed by atoms with Crippen molar-refractivity contribution in [1.82, 2.24) is 5.32 Å². The highest BCUT2D eigenvalue weighted by Gasteiger charge is 2.28. The molecule has 0 aromatic heterocycles. The summed E-state index contributed by atoms with van der Waals surface area (Å²) >= 11 is 0. The second-order valence-electron chi connectivity index (χ2n) is 15.3. The third kappa shape index (κ3) is 41.1. The number of nitrogens with zero attached hydrogens (tertiary/aromatic N) is 1. The van der Waals surface area contributed by atoms with Crippen LogP contribution in [0, 0.1) is 0 Å². The fourth-order valence-corrected chi connectivity index (χ4v) is 6.07. The van der Waals surface area contributed by atoms with Gasteiger partial charge in [0, 0.05) is 6.42 Å². The van der Waals surface area contributed by atoms with Crippen LogP contribution >= 0.6 is 7.82 Å². The minimum atomic E-state index is -4.32. The molecule has 3 atom stereocenters. The molecular weight excluding hydrogens is 732 g/mol. The Balaban J connectivity index is 4.28. The SMILES string of the molecule is CC/C=C\C/C=C\C/C=C\C/C=C\C/C=C\C/C=C\C/C=C\C/C=C\C/C=C\CCCC(=O)NC(COP(=O)(O)OCC[N+](C)(C)C)C(O)CCCCCCCC. The highest BCUT2D eigenvalue weighted by Crippen LogP contribution is 2.43. The lowest BCUT2D eigenvalue weighted by molar-refractivity contribution is -0.870. The van der Waals surface area contributed by atoms with Gasteiger partial charge in [-0.2, -0.15) is 0 Å². The van der Waals surface area contributed by atoms with Gasteiger partial charge >= 0.3 is 7.82 Å². The highest BCUT2D eigenvalue weighted by atomic mass is 31.2. The van der Waals surface area contributed by atoms with Crippen molar-refractivity contribution in [3.63, 3.8) is 0 Å². The van der Waals surface area contributed by atoms with Crippen LogP contribution < -0.4 is 5.32 Å². The van der Waals surface area contributed by atoms with Gasteiger partial charge in [-0.15, -0.1) is 0 Å². The molecule has 0 aromatic carbocycles. The molecule has 324 valence electrons. The first-order valence-electron chi connectivity index (χ1n) is 21.8. The summed E-state index contributed by atoms with van der Waals surface area (Å²) in [7, 11) is 1.55. The molecule has 0 saturated carbocycles. The van der Waals surface area contributed by atoms with Crippen molar-refractivity contribution >= 4 is 13.7 Å². The fraction of sp³-hybridized carbons (Fsp3) is 0.604. The van der Waals surface area contributed by atoms with Crippen molar-refractivity contribution in [2.24, 2.45) is 0 Å². The number of aliphatic hydroxyl groups is 1. The number of carbonyl (C=O) groups is 1.